The molecule has 0 amide bonds. The average Bonchev–Trinajstić information content (AvgIpc) is 2.57. The van der Waals surface area contributed by atoms with Crippen LogP contribution in [-0.2, 0) is 0 Å². The van der Waals surface area contributed by atoms with E-state index in [0.29, 0.717) is 0 Å². The van der Waals surface area contributed by atoms with Crippen LogP contribution in [0.3, 0.4) is 0 Å². The van der Waals surface area contributed by atoms with Gasteiger partial charge in [0.1, 0.15) is 0 Å². The van der Waals surface area contributed by atoms with Gasteiger partial charge in [-0.3, -0.25) is 9.89 Å². The highest BCUT2D eigenvalue weighted by atomic mass is 127. The molecule has 5 nitrogen and oxygen atoms in total. The zero-order valence-corrected chi connectivity index (χ0v) is 18.1. The molecule has 142 valence electrons. The van der Waals surface area contributed by atoms with Crippen molar-refractivity contribution in [2.45, 2.75) is 58.4 Å². The Morgan fingerprint density at radius 1 is 1.00 bits per heavy atom. The van der Waals surface area contributed by atoms with Gasteiger partial charge in [-0.2, -0.15) is 0 Å². The van der Waals surface area contributed by atoms with Gasteiger partial charge in [-0.1, -0.05) is 12.8 Å². The van der Waals surface area contributed by atoms with E-state index in [9.17, 15) is 0 Å². The first kappa shape index (κ1) is 22.0. The summed E-state index contributed by atoms with van der Waals surface area (Å²) in [6, 6.07) is 0.730. The molecule has 24 heavy (non-hydrogen) atoms. The fourth-order valence-electron chi connectivity index (χ4n) is 3.64. The minimum Gasteiger partial charge on any atom is -0.357 e. The molecule has 2 aliphatic rings. The summed E-state index contributed by atoms with van der Waals surface area (Å²) in [7, 11) is 0. The van der Waals surface area contributed by atoms with E-state index in [2.05, 4.69) is 34.3 Å². The van der Waals surface area contributed by atoms with E-state index in [1.807, 2.05) is 0 Å². The first-order chi connectivity index (χ1) is 11.3. The molecule has 0 aromatic carbocycles. The highest BCUT2D eigenvalue weighted by Gasteiger charge is 2.17. The van der Waals surface area contributed by atoms with Gasteiger partial charge in [0.05, 0.1) is 6.54 Å². The molecule has 0 saturated carbocycles. The van der Waals surface area contributed by atoms with Gasteiger partial charge in [-0.05, 0) is 59.2 Å². The maximum Gasteiger partial charge on any atom is 0.191 e. The van der Waals surface area contributed by atoms with E-state index in [-0.39, 0.29) is 24.0 Å². The average molecular weight is 451 g/mol. The van der Waals surface area contributed by atoms with Crippen LogP contribution in [0.15, 0.2) is 4.99 Å². The molecule has 1 unspecified atom stereocenters. The fourth-order valence-corrected chi connectivity index (χ4v) is 3.64. The maximum atomic E-state index is 4.76. The van der Waals surface area contributed by atoms with Gasteiger partial charge >= 0.3 is 0 Å². The summed E-state index contributed by atoms with van der Waals surface area (Å²) in [6.45, 7) is 13.3. The number of hydrogen-bond donors (Lipinski definition) is 2. The van der Waals surface area contributed by atoms with E-state index < -0.39 is 0 Å². The minimum atomic E-state index is 0. The van der Waals surface area contributed by atoms with Crippen molar-refractivity contribution in [3.05, 3.63) is 0 Å². The zero-order valence-electron chi connectivity index (χ0n) is 15.7. The third-order valence-corrected chi connectivity index (χ3v) is 5.11. The zero-order chi connectivity index (χ0) is 16.3. The van der Waals surface area contributed by atoms with E-state index >= 15 is 0 Å². The van der Waals surface area contributed by atoms with E-state index in [0.717, 1.165) is 44.7 Å². The van der Waals surface area contributed by atoms with Crippen LogP contribution in [0.1, 0.15) is 52.4 Å². The number of piperidine rings is 2. The first-order valence-corrected chi connectivity index (χ1v) is 9.78. The predicted octanol–water partition coefficient (Wildman–Crippen LogP) is 2.52. The van der Waals surface area contributed by atoms with Gasteiger partial charge < -0.3 is 15.5 Å². The summed E-state index contributed by atoms with van der Waals surface area (Å²) in [5.41, 5.74) is 0. The molecule has 2 rings (SSSR count). The van der Waals surface area contributed by atoms with Gasteiger partial charge in [-0.15, -0.1) is 24.0 Å². The Morgan fingerprint density at radius 3 is 2.46 bits per heavy atom. The SMILES string of the molecule is CCNC(=NCCN1CCCCC1C)NCCN1CCCCC1.I. The number of nitrogens with zero attached hydrogens (tertiary/aromatic N) is 3. The first-order valence-electron chi connectivity index (χ1n) is 9.78. The molecule has 1 atom stereocenters. The molecule has 2 saturated heterocycles. The highest BCUT2D eigenvalue weighted by Crippen LogP contribution is 2.15. The number of nitrogens with one attached hydrogen (secondary N) is 2. The van der Waals surface area contributed by atoms with Crippen LogP contribution in [0.5, 0.6) is 0 Å². The van der Waals surface area contributed by atoms with Gasteiger partial charge in [-0.25, -0.2) is 0 Å². The monoisotopic (exact) mass is 451 g/mol. The molecule has 0 radical (unpaired) electrons. The standard InChI is InChI=1S/C18H37N5.HI/c1-3-19-18(20-10-15-22-12-6-4-7-13-22)21-11-16-23-14-8-5-9-17(23)2;/h17H,3-16H2,1-2H3,(H2,19,20,21);1H. The lowest BCUT2D eigenvalue weighted by molar-refractivity contribution is 0.166. The van der Waals surface area contributed by atoms with Crippen molar-refractivity contribution in [2.75, 3.05) is 52.4 Å². The smallest absolute Gasteiger partial charge is 0.191 e. The number of rotatable bonds is 7. The minimum absolute atomic E-state index is 0. The molecule has 0 spiro atoms. The fraction of sp³-hybridized carbons (Fsp3) is 0.944. The van der Waals surface area contributed by atoms with Crippen LogP contribution in [0.25, 0.3) is 0 Å². The van der Waals surface area contributed by atoms with Crippen molar-refractivity contribution in [3.63, 3.8) is 0 Å². The van der Waals surface area contributed by atoms with Crippen molar-refractivity contribution in [2.24, 2.45) is 4.99 Å². The van der Waals surface area contributed by atoms with E-state index in [4.69, 9.17) is 4.99 Å². The second kappa shape index (κ2) is 13.2. The van der Waals surface area contributed by atoms with Crippen molar-refractivity contribution < 1.29 is 0 Å². The topological polar surface area (TPSA) is 42.9 Å². The lowest BCUT2D eigenvalue weighted by Gasteiger charge is -2.32. The molecule has 0 aromatic heterocycles. The summed E-state index contributed by atoms with van der Waals surface area (Å²) in [5, 5.41) is 6.87. The second-order valence-electron chi connectivity index (χ2n) is 6.97. The second-order valence-corrected chi connectivity index (χ2v) is 6.97. The van der Waals surface area contributed by atoms with Crippen LogP contribution in [-0.4, -0.2) is 74.2 Å². The third-order valence-electron chi connectivity index (χ3n) is 5.11. The van der Waals surface area contributed by atoms with Crippen LogP contribution >= 0.6 is 24.0 Å². The molecule has 0 aromatic rings. The van der Waals surface area contributed by atoms with Crippen molar-refractivity contribution in [1.82, 2.24) is 20.4 Å². The molecule has 6 heteroatoms. The highest BCUT2D eigenvalue weighted by molar-refractivity contribution is 14.0. The predicted molar refractivity (Wildman–Crippen MR) is 115 cm³/mol. The number of likely N-dealkylation sites (tertiary alicyclic amines) is 2. The Morgan fingerprint density at radius 2 is 1.75 bits per heavy atom. The molecule has 2 fully saturated rings. The maximum absolute atomic E-state index is 4.76. The quantitative estimate of drug-likeness (QED) is 0.355. The van der Waals surface area contributed by atoms with Crippen LogP contribution < -0.4 is 10.6 Å². The molecule has 2 N–H and O–H groups in total. The Balaban J connectivity index is 0.00000288. The van der Waals surface area contributed by atoms with Crippen LogP contribution in [0, 0.1) is 0 Å². The Labute approximate surface area is 166 Å². The van der Waals surface area contributed by atoms with Gasteiger partial charge in [0.25, 0.3) is 0 Å². The number of guanidine groups is 1. The number of hydrogen-bond acceptors (Lipinski definition) is 3. The normalized spacial score (nSPS) is 23.6. The van der Waals surface area contributed by atoms with Crippen molar-refractivity contribution in [1.29, 1.82) is 0 Å². The van der Waals surface area contributed by atoms with Crippen molar-refractivity contribution in [3.8, 4) is 0 Å². The van der Waals surface area contributed by atoms with Gasteiger partial charge in [0, 0.05) is 32.2 Å². The summed E-state index contributed by atoms with van der Waals surface area (Å²) >= 11 is 0. The summed E-state index contributed by atoms with van der Waals surface area (Å²) in [4.78, 5) is 9.91. The Kier molecular flexibility index (Phi) is 12.0. The molecular weight excluding hydrogens is 413 g/mol. The lowest BCUT2D eigenvalue weighted by Crippen LogP contribution is -2.43. The number of aliphatic imine (C=N–C) groups is 1. The summed E-state index contributed by atoms with van der Waals surface area (Å²) in [5.74, 6) is 0.981. The summed E-state index contributed by atoms with van der Waals surface area (Å²) in [6.07, 6.45) is 8.22. The van der Waals surface area contributed by atoms with Gasteiger partial charge in [0.15, 0.2) is 5.96 Å². The molecule has 0 bridgehead atoms. The van der Waals surface area contributed by atoms with Crippen molar-refractivity contribution >= 4 is 29.9 Å². The Bertz CT molecular complexity index is 344. The number of halogens is 1. The van der Waals surface area contributed by atoms with Crippen LogP contribution in [0.2, 0.25) is 0 Å². The Hall–Kier alpha value is -0.0800. The van der Waals surface area contributed by atoms with E-state index in [1.165, 1.54) is 58.2 Å². The molecular formula is C18H38IN5. The lowest BCUT2D eigenvalue weighted by atomic mass is 10.0. The van der Waals surface area contributed by atoms with Gasteiger partial charge in [0.2, 0.25) is 0 Å². The third kappa shape index (κ3) is 8.34. The largest absolute Gasteiger partial charge is 0.357 e. The molecule has 0 aliphatic carbocycles. The summed E-state index contributed by atoms with van der Waals surface area (Å²) < 4.78 is 0. The van der Waals surface area contributed by atoms with E-state index in [1.54, 1.807) is 0 Å². The van der Waals surface area contributed by atoms with Crippen LogP contribution in [0.4, 0.5) is 0 Å². The molecule has 2 heterocycles. The molecule has 2 aliphatic heterocycles.